The highest BCUT2D eigenvalue weighted by molar-refractivity contribution is 5.98. The van der Waals surface area contributed by atoms with Crippen molar-refractivity contribution < 1.29 is 23.8 Å². The standard InChI is InChI=1S/C19H25N3O5/c1-7-26-16-10-14(8-9-15(16)25-6)19(24)27-13(4)18(23)20-17-11(2)21-22(5)12(17)3/h8-10,13H,7H2,1-6H3,(H,20,23)/t13-/m0/s1. The predicted octanol–water partition coefficient (Wildman–Crippen LogP) is 2.63. The molecule has 0 aliphatic heterocycles. The number of anilines is 1. The van der Waals surface area contributed by atoms with Crippen LogP contribution in [-0.2, 0) is 16.6 Å². The Morgan fingerprint density at radius 2 is 1.96 bits per heavy atom. The zero-order valence-corrected chi connectivity index (χ0v) is 16.5. The maximum absolute atomic E-state index is 12.4. The van der Waals surface area contributed by atoms with E-state index in [-0.39, 0.29) is 5.56 Å². The van der Waals surface area contributed by atoms with E-state index in [0.717, 1.165) is 5.69 Å². The van der Waals surface area contributed by atoms with Crippen LogP contribution in [0, 0.1) is 13.8 Å². The Balaban J connectivity index is 2.08. The molecule has 2 rings (SSSR count). The molecule has 1 aromatic carbocycles. The van der Waals surface area contributed by atoms with Gasteiger partial charge in [-0.3, -0.25) is 9.48 Å². The van der Waals surface area contributed by atoms with Gasteiger partial charge in [0.05, 0.1) is 36.4 Å². The van der Waals surface area contributed by atoms with Crippen molar-refractivity contribution in [1.82, 2.24) is 9.78 Å². The van der Waals surface area contributed by atoms with Crippen molar-refractivity contribution in [3.05, 3.63) is 35.2 Å². The fourth-order valence-corrected chi connectivity index (χ4v) is 2.53. The molecule has 2 aromatic rings. The highest BCUT2D eigenvalue weighted by atomic mass is 16.5. The average molecular weight is 375 g/mol. The van der Waals surface area contributed by atoms with E-state index in [1.54, 1.807) is 30.8 Å². The maximum Gasteiger partial charge on any atom is 0.339 e. The lowest BCUT2D eigenvalue weighted by Crippen LogP contribution is -2.30. The van der Waals surface area contributed by atoms with Gasteiger partial charge in [0.2, 0.25) is 0 Å². The van der Waals surface area contributed by atoms with E-state index < -0.39 is 18.0 Å². The van der Waals surface area contributed by atoms with E-state index in [2.05, 4.69) is 10.4 Å². The molecule has 146 valence electrons. The van der Waals surface area contributed by atoms with E-state index in [0.29, 0.717) is 29.5 Å². The van der Waals surface area contributed by atoms with Crippen molar-refractivity contribution in [2.45, 2.75) is 33.8 Å². The Kier molecular flexibility index (Phi) is 6.44. The number of carbonyl (C=O) groups is 2. The van der Waals surface area contributed by atoms with Crippen LogP contribution < -0.4 is 14.8 Å². The van der Waals surface area contributed by atoms with Crippen molar-refractivity contribution in [3.63, 3.8) is 0 Å². The zero-order chi connectivity index (χ0) is 20.1. The summed E-state index contributed by atoms with van der Waals surface area (Å²) in [5.41, 5.74) is 2.40. The normalized spacial score (nSPS) is 11.6. The number of ether oxygens (including phenoxy) is 3. The quantitative estimate of drug-likeness (QED) is 0.748. The molecule has 0 saturated heterocycles. The Labute approximate surface area is 158 Å². The summed E-state index contributed by atoms with van der Waals surface area (Å²) in [6.45, 7) is 7.42. The molecule has 8 heteroatoms. The SMILES string of the molecule is CCOc1cc(C(=O)O[C@@H](C)C(=O)Nc2c(C)nn(C)c2C)ccc1OC. The summed E-state index contributed by atoms with van der Waals surface area (Å²) in [7, 11) is 3.31. The van der Waals surface area contributed by atoms with Gasteiger partial charge in [-0.05, 0) is 45.9 Å². The van der Waals surface area contributed by atoms with Crippen LogP contribution in [0.2, 0.25) is 0 Å². The molecular formula is C19H25N3O5. The first kappa shape index (κ1) is 20.3. The fraction of sp³-hybridized carbons (Fsp3) is 0.421. The monoisotopic (exact) mass is 375 g/mol. The molecule has 1 amide bonds. The van der Waals surface area contributed by atoms with Crippen molar-refractivity contribution in [2.75, 3.05) is 19.0 Å². The van der Waals surface area contributed by atoms with Crippen LogP contribution in [0.4, 0.5) is 5.69 Å². The predicted molar refractivity (Wildman–Crippen MR) is 100 cm³/mol. The van der Waals surface area contributed by atoms with Gasteiger partial charge < -0.3 is 19.5 Å². The van der Waals surface area contributed by atoms with Crippen LogP contribution >= 0.6 is 0 Å². The number of aromatic nitrogens is 2. The van der Waals surface area contributed by atoms with Gasteiger partial charge in [-0.1, -0.05) is 0 Å². The Morgan fingerprint density at radius 1 is 1.26 bits per heavy atom. The molecule has 0 spiro atoms. The number of amides is 1. The highest BCUT2D eigenvalue weighted by Gasteiger charge is 2.22. The molecule has 0 saturated carbocycles. The Morgan fingerprint density at radius 3 is 2.52 bits per heavy atom. The van der Waals surface area contributed by atoms with Gasteiger partial charge in [-0.2, -0.15) is 5.10 Å². The largest absolute Gasteiger partial charge is 0.493 e. The molecule has 8 nitrogen and oxygen atoms in total. The van der Waals surface area contributed by atoms with Gasteiger partial charge in [-0.15, -0.1) is 0 Å². The van der Waals surface area contributed by atoms with E-state index in [4.69, 9.17) is 14.2 Å². The third-order valence-corrected chi connectivity index (χ3v) is 4.11. The second-order valence-electron chi connectivity index (χ2n) is 6.00. The number of hydrogen-bond acceptors (Lipinski definition) is 6. The lowest BCUT2D eigenvalue weighted by Gasteiger charge is -2.15. The van der Waals surface area contributed by atoms with Gasteiger partial charge in [0.1, 0.15) is 0 Å². The summed E-state index contributed by atoms with van der Waals surface area (Å²) in [6, 6.07) is 4.71. The minimum atomic E-state index is -0.978. The second-order valence-corrected chi connectivity index (χ2v) is 6.00. The lowest BCUT2D eigenvalue weighted by atomic mass is 10.2. The second kappa shape index (κ2) is 8.57. The molecule has 0 bridgehead atoms. The van der Waals surface area contributed by atoms with Gasteiger partial charge in [0.15, 0.2) is 17.6 Å². The van der Waals surface area contributed by atoms with E-state index in [1.165, 1.54) is 20.1 Å². The number of nitrogens with one attached hydrogen (secondary N) is 1. The smallest absolute Gasteiger partial charge is 0.339 e. The van der Waals surface area contributed by atoms with Gasteiger partial charge in [0.25, 0.3) is 5.91 Å². The molecule has 0 unspecified atom stereocenters. The number of esters is 1. The summed E-state index contributed by atoms with van der Waals surface area (Å²) in [5.74, 6) is -0.100. The molecule has 0 aliphatic carbocycles. The first-order valence-corrected chi connectivity index (χ1v) is 8.61. The van der Waals surface area contributed by atoms with E-state index >= 15 is 0 Å². The molecule has 27 heavy (non-hydrogen) atoms. The lowest BCUT2D eigenvalue weighted by molar-refractivity contribution is -0.123. The summed E-state index contributed by atoms with van der Waals surface area (Å²) >= 11 is 0. The summed E-state index contributed by atoms with van der Waals surface area (Å²) in [5, 5.41) is 7.01. The Bertz CT molecular complexity index is 844. The Hall–Kier alpha value is -3.03. The van der Waals surface area contributed by atoms with Gasteiger partial charge in [-0.25, -0.2) is 4.79 Å². The maximum atomic E-state index is 12.4. The number of aryl methyl sites for hydroxylation is 2. The molecular weight excluding hydrogens is 350 g/mol. The van der Waals surface area contributed by atoms with Crippen LogP contribution in [0.15, 0.2) is 18.2 Å². The third-order valence-electron chi connectivity index (χ3n) is 4.11. The molecule has 0 radical (unpaired) electrons. The third kappa shape index (κ3) is 4.58. The van der Waals surface area contributed by atoms with Crippen LogP contribution in [0.1, 0.15) is 35.6 Å². The van der Waals surface area contributed by atoms with E-state index in [9.17, 15) is 9.59 Å². The number of benzene rings is 1. The van der Waals surface area contributed by atoms with Crippen molar-refractivity contribution in [3.8, 4) is 11.5 Å². The molecule has 1 atom stereocenters. The van der Waals surface area contributed by atoms with E-state index in [1.807, 2.05) is 13.8 Å². The number of carbonyl (C=O) groups excluding carboxylic acids is 2. The van der Waals surface area contributed by atoms with Crippen molar-refractivity contribution in [2.24, 2.45) is 7.05 Å². The number of nitrogens with zero attached hydrogens (tertiary/aromatic N) is 2. The first-order chi connectivity index (χ1) is 12.8. The highest BCUT2D eigenvalue weighted by Crippen LogP contribution is 2.28. The van der Waals surface area contributed by atoms with Crippen LogP contribution in [-0.4, -0.2) is 41.5 Å². The molecule has 0 fully saturated rings. The molecule has 0 aliphatic rings. The minimum Gasteiger partial charge on any atom is -0.493 e. The topological polar surface area (TPSA) is 91.7 Å². The van der Waals surface area contributed by atoms with Gasteiger partial charge in [0, 0.05) is 7.05 Å². The molecule has 1 N–H and O–H groups in total. The van der Waals surface area contributed by atoms with Crippen molar-refractivity contribution >= 4 is 17.6 Å². The van der Waals surface area contributed by atoms with Gasteiger partial charge >= 0.3 is 5.97 Å². The summed E-state index contributed by atoms with van der Waals surface area (Å²) in [6.07, 6.45) is -0.978. The first-order valence-electron chi connectivity index (χ1n) is 8.61. The summed E-state index contributed by atoms with van der Waals surface area (Å²) in [4.78, 5) is 24.8. The number of hydrogen-bond donors (Lipinski definition) is 1. The number of rotatable bonds is 7. The number of methoxy groups -OCH3 is 1. The fourth-order valence-electron chi connectivity index (χ4n) is 2.53. The zero-order valence-electron chi connectivity index (χ0n) is 16.5. The molecule has 1 heterocycles. The van der Waals surface area contributed by atoms with Crippen LogP contribution in [0.25, 0.3) is 0 Å². The average Bonchev–Trinajstić information content (AvgIpc) is 2.87. The summed E-state index contributed by atoms with van der Waals surface area (Å²) < 4.78 is 17.6. The van der Waals surface area contributed by atoms with Crippen LogP contribution in [0.3, 0.4) is 0 Å². The minimum absolute atomic E-state index is 0.271. The molecule has 1 aromatic heterocycles. The van der Waals surface area contributed by atoms with Crippen LogP contribution in [0.5, 0.6) is 11.5 Å². The van der Waals surface area contributed by atoms with Crippen molar-refractivity contribution in [1.29, 1.82) is 0 Å².